The molecule has 0 atom stereocenters. The number of pyridine rings is 1. The summed E-state index contributed by atoms with van der Waals surface area (Å²) in [6, 6.07) is 15.6. The molecule has 2 N–H and O–H groups in total. The number of halogens is 1. The first-order valence-corrected chi connectivity index (χ1v) is 10.5. The standard InChI is InChI=1S/C23H19FN6O2S/c1-30-20(28-29-23(30)33)13-32-17-10-15(21-26-19-7-4-8-25-22(19)27-21)9-16(11-17)31-12-14-5-2-3-6-18(14)24/h2-11H,12-13H2,1H3,(H,29,33)(H,25,26,27). The molecule has 0 fully saturated rings. The number of hydrogen-bond donors (Lipinski definition) is 2. The average Bonchev–Trinajstić information content (AvgIpc) is 3.40. The third kappa shape index (κ3) is 4.46. The zero-order chi connectivity index (χ0) is 22.8. The van der Waals surface area contributed by atoms with E-state index in [2.05, 4.69) is 25.1 Å². The van der Waals surface area contributed by atoms with Crippen molar-refractivity contribution in [3.8, 4) is 22.9 Å². The molecule has 166 valence electrons. The van der Waals surface area contributed by atoms with Gasteiger partial charge in [-0.05, 0) is 42.5 Å². The van der Waals surface area contributed by atoms with Crippen molar-refractivity contribution in [1.29, 1.82) is 0 Å². The lowest BCUT2D eigenvalue weighted by atomic mass is 10.2. The molecule has 0 aliphatic rings. The molecule has 3 aromatic heterocycles. The van der Waals surface area contributed by atoms with Gasteiger partial charge >= 0.3 is 0 Å². The van der Waals surface area contributed by atoms with Gasteiger partial charge in [0.2, 0.25) is 0 Å². The molecule has 3 heterocycles. The maximum absolute atomic E-state index is 14.0. The first-order chi connectivity index (χ1) is 16.1. The van der Waals surface area contributed by atoms with Gasteiger partial charge in [0.25, 0.3) is 0 Å². The van der Waals surface area contributed by atoms with Crippen LogP contribution in [0.2, 0.25) is 0 Å². The number of H-pyrrole nitrogens is 2. The summed E-state index contributed by atoms with van der Waals surface area (Å²) in [6.07, 6.45) is 1.69. The Bertz CT molecular complexity index is 1460. The van der Waals surface area contributed by atoms with Gasteiger partial charge in [-0.15, -0.1) is 0 Å². The first kappa shape index (κ1) is 20.8. The van der Waals surface area contributed by atoms with Gasteiger partial charge < -0.3 is 19.0 Å². The molecule has 0 bridgehead atoms. The van der Waals surface area contributed by atoms with E-state index in [0.717, 1.165) is 11.1 Å². The Morgan fingerprint density at radius 1 is 1.03 bits per heavy atom. The summed E-state index contributed by atoms with van der Waals surface area (Å²) in [7, 11) is 1.81. The van der Waals surface area contributed by atoms with Crippen molar-refractivity contribution in [2.24, 2.45) is 7.05 Å². The minimum absolute atomic E-state index is 0.0743. The Kier molecular flexibility index (Phi) is 5.57. The third-order valence-electron chi connectivity index (χ3n) is 5.10. The van der Waals surface area contributed by atoms with E-state index < -0.39 is 0 Å². The summed E-state index contributed by atoms with van der Waals surface area (Å²) in [4.78, 5) is 12.1. The third-order valence-corrected chi connectivity index (χ3v) is 5.47. The van der Waals surface area contributed by atoms with Gasteiger partial charge in [-0.25, -0.2) is 14.4 Å². The van der Waals surface area contributed by atoms with E-state index in [4.69, 9.17) is 21.7 Å². The van der Waals surface area contributed by atoms with Crippen molar-refractivity contribution in [2.45, 2.75) is 13.2 Å². The van der Waals surface area contributed by atoms with Crippen LogP contribution < -0.4 is 9.47 Å². The van der Waals surface area contributed by atoms with Gasteiger partial charge in [-0.1, -0.05) is 18.2 Å². The molecular weight excluding hydrogens is 443 g/mol. The fourth-order valence-electron chi connectivity index (χ4n) is 3.29. The molecule has 8 nitrogen and oxygen atoms in total. The van der Waals surface area contributed by atoms with E-state index in [1.165, 1.54) is 6.07 Å². The van der Waals surface area contributed by atoms with Crippen LogP contribution in [0.15, 0.2) is 60.8 Å². The monoisotopic (exact) mass is 462 g/mol. The summed E-state index contributed by atoms with van der Waals surface area (Å²) in [5.41, 5.74) is 2.62. The van der Waals surface area contributed by atoms with E-state index in [1.807, 2.05) is 31.3 Å². The topological polar surface area (TPSA) is 93.6 Å². The van der Waals surface area contributed by atoms with Crippen molar-refractivity contribution < 1.29 is 13.9 Å². The summed E-state index contributed by atoms with van der Waals surface area (Å²) < 4.78 is 28.2. The van der Waals surface area contributed by atoms with Crippen molar-refractivity contribution in [2.75, 3.05) is 0 Å². The number of fused-ring (bicyclic) bond motifs is 1. The van der Waals surface area contributed by atoms with Crippen molar-refractivity contribution in [1.82, 2.24) is 29.7 Å². The molecule has 0 unspecified atom stereocenters. The quantitative estimate of drug-likeness (QED) is 0.340. The van der Waals surface area contributed by atoms with E-state index in [0.29, 0.717) is 39.1 Å². The minimum atomic E-state index is -0.320. The van der Waals surface area contributed by atoms with Crippen LogP contribution in [-0.2, 0) is 20.3 Å². The highest BCUT2D eigenvalue weighted by atomic mass is 32.1. The van der Waals surface area contributed by atoms with Crippen LogP contribution in [0.4, 0.5) is 4.39 Å². The number of nitrogens with zero attached hydrogens (tertiary/aromatic N) is 4. The van der Waals surface area contributed by atoms with Crippen LogP contribution in [0.3, 0.4) is 0 Å². The van der Waals surface area contributed by atoms with E-state index in [1.54, 1.807) is 35.0 Å². The average molecular weight is 463 g/mol. The molecule has 2 aromatic carbocycles. The number of nitrogens with one attached hydrogen (secondary N) is 2. The van der Waals surface area contributed by atoms with Gasteiger partial charge in [-0.2, -0.15) is 5.10 Å². The van der Waals surface area contributed by atoms with Gasteiger partial charge in [-0.3, -0.25) is 5.10 Å². The molecule has 0 aliphatic carbocycles. The molecule has 5 rings (SSSR count). The first-order valence-electron chi connectivity index (χ1n) is 10.1. The number of aromatic nitrogens is 6. The predicted octanol–water partition coefficient (Wildman–Crippen LogP) is 4.71. The highest BCUT2D eigenvalue weighted by Gasteiger charge is 2.12. The highest BCUT2D eigenvalue weighted by molar-refractivity contribution is 7.71. The van der Waals surface area contributed by atoms with Crippen LogP contribution in [0, 0.1) is 10.6 Å². The zero-order valence-corrected chi connectivity index (χ0v) is 18.4. The molecule has 0 saturated carbocycles. The molecule has 10 heteroatoms. The van der Waals surface area contributed by atoms with Crippen molar-refractivity contribution in [3.63, 3.8) is 0 Å². The van der Waals surface area contributed by atoms with Crippen LogP contribution >= 0.6 is 12.2 Å². The molecule has 0 spiro atoms. The second kappa shape index (κ2) is 8.83. The predicted molar refractivity (Wildman–Crippen MR) is 123 cm³/mol. The summed E-state index contributed by atoms with van der Waals surface area (Å²) in [5.74, 6) is 1.99. The number of hydrogen-bond acceptors (Lipinski definition) is 6. The normalized spacial score (nSPS) is 11.1. The van der Waals surface area contributed by atoms with Gasteiger partial charge in [0.1, 0.15) is 36.4 Å². The molecule has 0 saturated heterocycles. The lowest BCUT2D eigenvalue weighted by Gasteiger charge is -2.12. The van der Waals surface area contributed by atoms with E-state index in [-0.39, 0.29) is 19.0 Å². The Labute approximate surface area is 193 Å². The maximum atomic E-state index is 14.0. The van der Waals surface area contributed by atoms with Crippen molar-refractivity contribution >= 4 is 23.4 Å². The maximum Gasteiger partial charge on any atom is 0.194 e. The SMILES string of the molecule is Cn1c(COc2cc(OCc3ccccc3F)cc(-c3nc4ncccc4[nH]3)c2)n[nH]c1=S. The Hall–Kier alpha value is -4.05. The molecule has 0 aliphatic heterocycles. The minimum Gasteiger partial charge on any atom is -0.489 e. The van der Waals surface area contributed by atoms with E-state index in [9.17, 15) is 4.39 Å². The number of rotatable bonds is 7. The lowest BCUT2D eigenvalue weighted by molar-refractivity contribution is 0.279. The fourth-order valence-corrected chi connectivity index (χ4v) is 3.44. The summed E-state index contributed by atoms with van der Waals surface area (Å²) in [6.45, 7) is 0.270. The lowest BCUT2D eigenvalue weighted by Crippen LogP contribution is -2.04. The van der Waals surface area contributed by atoms with Crippen LogP contribution in [0.25, 0.3) is 22.6 Å². The number of imidazole rings is 1. The van der Waals surface area contributed by atoms with Crippen LogP contribution in [0.1, 0.15) is 11.4 Å². The van der Waals surface area contributed by atoms with Crippen LogP contribution in [0.5, 0.6) is 11.5 Å². The summed E-state index contributed by atoms with van der Waals surface area (Å²) >= 11 is 5.15. The number of ether oxygens (including phenoxy) is 2. The highest BCUT2D eigenvalue weighted by Crippen LogP contribution is 2.30. The van der Waals surface area contributed by atoms with E-state index >= 15 is 0 Å². The molecule has 5 aromatic rings. The van der Waals surface area contributed by atoms with Crippen molar-refractivity contribution in [3.05, 3.63) is 82.8 Å². The molecular formula is C23H19FN6O2S. The zero-order valence-electron chi connectivity index (χ0n) is 17.6. The second-order valence-electron chi connectivity index (χ2n) is 7.33. The smallest absolute Gasteiger partial charge is 0.194 e. The molecule has 33 heavy (non-hydrogen) atoms. The Morgan fingerprint density at radius 2 is 1.82 bits per heavy atom. The Balaban J connectivity index is 1.46. The number of benzene rings is 2. The van der Waals surface area contributed by atoms with Gasteiger partial charge in [0.05, 0.1) is 5.52 Å². The second-order valence-corrected chi connectivity index (χ2v) is 7.71. The number of aromatic amines is 2. The largest absolute Gasteiger partial charge is 0.489 e. The molecule has 0 amide bonds. The summed E-state index contributed by atoms with van der Waals surface area (Å²) in [5, 5.41) is 6.90. The van der Waals surface area contributed by atoms with Crippen LogP contribution in [-0.4, -0.2) is 29.7 Å². The van der Waals surface area contributed by atoms with Gasteiger partial charge in [0, 0.05) is 30.4 Å². The molecule has 0 radical (unpaired) electrons. The van der Waals surface area contributed by atoms with Gasteiger partial charge in [0.15, 0.2) is 16.2 Å². The fraction of sp³-hybridized carbons (Fsp3) is 0.130. The Morgan fingerprint density at radius 3 is 2.55 bits per heavy atom.